The van der Waals surface area contributed by atoms with Crippen LogP contribution in [0.3, 0.4) is 0 Å². The Kier molecular flexibility index (Phi) is 4.30. The average Bonchev–Trinajstić information content (AvgIpc) is 2.27. The van der Waals surface area contributed by atoms with Crippen LogP contribution in [-0.4, -0.2) is 38.9 Å². The van der Waals surface area contributed by atoms with Crippen molar-refractivity contribution in [1.29, 1.82) is 0 Å². The SMILES string of the molecule is Cc1nccc(C(=O)N[C@@H](CC(N)=O)C(=O)O)n1. The molecule has 0 spiro atoms. The highest BCUT2D eigenvalue weighted by Gasteiger charge is 2.23. The Morgan fingerprint density at radius 2 is 2.17 bits per heavy atom. The first kappa shape index (κ1) is 13.6. The van der Waals surface area contributed by atoms with Gasteiger partial charge in [-0.2, -0.15) is 0 Å². The lowest BCUT2D eigenvalue weighted by Crippen LogP contribution is -2.43. The smallest absolute Gasteiger partial charge is 0.326 e. The number of carbonyl (C=O) groups excluding carboxylic acids is 2. The number of carbonyl (C=O) groups is 3. The van der Waals surface area contributed by atoms with E-state index in [4.69, 9.17) is 10.8 Å². The third kappa shape index (κ3) is 3.81. The second-order valence-corrected chi connectivity index (χ2v) is 3.52. The monoisotopic (exact) mass is 252 g/mol. The third-order valence-corrected chi connectivity index (χ3v) is 2.02. The summed E-state index contributed by atoms with van der Waals surface area (Å²) in [5, 5.41) is 11.0. The molecule has 0 unspecified atom stereocenters. The van der Waals surface area contributed by atoms with E-state index in [0.29, 0.717) is 5.82 Å². The number of nitrogens with one attached hydrogen (secondary N) is 1. The van der Waals surface area contributed by atoms with Gasteiger partial charge in [0, 0.05) is 6.20 Å². The molecular formula is C10H12N4O4. The van der Waals surface area contributed by atoms with Crippen molar-refractivity contribution in [1.82, 2.24) is 15.3 Å². The summed E-state index contributed by atoms with van der Waals surface area (Å²) in [5.74, 6) is -2.48. The number of nitrogens with two attached hydrogens (primary N) is 1. The van der Waals surface area contributed by atoms with Crippen molar-refractivity contribution in [2.75, 3.05) is 0 Å². The number of carboxylic acids is 1. The molecule has 0 aliphatic rings. The normalized spacial score (nSPS) is 11.6. The number of aromatic nitrogens is 2. The lowest BCUT2D eigenvalue weighted by atomic mass is 10.2. The van der Waals surface area contributed by atoms with Crippen LogP contribution in [0.1, 0.15) is 22.7 Å². The quantitative estimate of drug-likeness (QED) is 0.605. The van der Waals surface area contributed by atoms with Crippen molar-refractivity contribution in [2.24, 2.45) is 5.73 Å². The Labute approximate surface area is 102 Å². The average molecular weight is 252 g/mol. The molecule has 4 N–H and O–H groups in total. The maximum Gasteiger partial charge on any atom is 0.326 e. The molecule has 0 aliphatic carbocycles. The fourth-order valence-electron chi connectivity index (χ4n) is 1.22. The molecule has 8 nitrogen and oxygen atoms in total. The zero-order valence-electron chi connectivity index (χ0n) is 9.58. The van der Waals surface area contributed by atoms with Crippen molar-refractivity contribution in [3.8, 4) is 0 Å². The number of aryl methyl sites for hydroxylation is 1. The molecule has 1 heterocycles. The summed E-state index contributed by atoms with van der Waals surface area (Å²) in [5.41, 5.74) is 4.92. The molecule has 1 rings (SSSR count). The van der Waals surface area contributed by atoms with Gasteiger partial charge in [-0.15, -0.1) is 0 Å². The van der Waals surface area contributed by atoms with Crippen LogP contribution < -0.4 is 11.1 Å². The number of hydrogen-bond donors (Lipinski definition) is 3. The number of hydrogen-bond acceptors (Lipinski definition) is 5. The highest BCUT2D eigenvalue weighted by Crippen LogP contribution is 1.98. The Hall–Kier alpha value is -2.51. The van der Waals surface area contributed by atoms with Gasteiger partial charge in [0.25, 0.3) is 5.91 Å². The standard InChI is InChI=1S/C10H12N4O4/c1-5-12-3-2-6(13-5)9(16)14-7(10(17)18)4-8(11)15/h2-3,7H,4H2,1H3,(H2,11,15)(H,14,16)(H,17,18)/t7-/m0/s1. The van der Waals surface area contributed by atoms with Crippen molar-refractivity contribution < 1.29 is 19.5 Å². The summed E-state index contributed by atoms with van der Waals surface area (Å²) in [6.45, 7) is 1.59. The fraction of sp³-hybridized carbons (Fsp3) is 0.300. The summed E-state index contributed by atoms with van der Waals surface area (Å²) < 4.78 is 0. The van der Waals surface area contributed by atoms with Gasteiger partial charge in [-0.05, 0) is 13.0 Å². The minimum atomic E-state index is -1.37. The molecule has 0 radical (unpaired) electrons. The molecule has 1 atom stereocenters. The predicted molar refractivity (Wildman–Crippen MR) is 59.5 cm³/mol. The molecule has 18 heavy (non-hydrogen) atoms. The van der Waals surface area contributed by atoms with Crippen LogP contribution in [0, 0.1) is 6.92 Å². The number of carboxylic acid groups (broad SMARTS) is 1. The molecule has 0 fully saturated rings. The van der Waals surface area contributed by atoms with Gasteiger partial charge in [0.15, 0.2) is 0 Å². The van der Waals surface area contributed by atoms with Crippen molar-refractivity contribution >= 4 is 17.8 Å². The van der Waals surface area contributed by atoms with Crippen LogP contribution in [0.15, 0.2) is 12.3 Å². The molecular weight excluding hydrogens is 240 g/mol. The Bertz CT molecular complexity index is 489. The number of primary amides is 1. The maximum atomic E-state index is 11.7. The van der Waals surface area contributed by atoms with E-state index in [2.05, 4.69) is 15.3 Å². The van der Waals surface area contributed by atoms with Gasteiger partial charge in [-0.1, -0.05) is 0 Å². The van der Waals surface area contributed by atoms with Crippen molar-refractivity contribution in [2.45, 2.75) is 19.4 Å². The van der Waals surface area contributed by atoms with E-state index in [-0.39, 0.29) is 5.69 Å². The number of rotatable bonds is 5. The summed E-state index contributed by atoms with van der Waals surface area (Å²) in [6.07, 6.45) is 0.895. The van der Waals surface area contributed by atoms with Gasteiger partial charge in [-0.3, -0.25) is 9.59 Å². The van der Waals surface area contributed by atoms with Crippen LogP contribution >= 0.6 is 0 Å². The number of amides is 2. The first-order chi connectivity index (χ1) is 8.40. The fourth-order valence-corrected chi connectivity index (χ4v) is 1.22. The van der Waals surface area contributed by atoms with E-state index in [1.165, 1.54) is 12.3 Å². The Morgan fingerprint density at radius 3 is 2.67 bits per heavy atom. The predicted octanol–water partition coefficient (Wildman–Crippen LogP) is -1.16. The topological polar surface area (TPSA) is 135 Å². The minimum absolute atomic E-state index is 0.0261. The summed E-state index contributed by atoms with van der Waals surface area (Å²) in [7, 11) is 0. The minimum Gasteiger partial charge on any atom is -0.480 e. The van der Waals surface area contributed by atoms with Gasteiger partial charge in [-0.25, -0.2) is 14.8 Å². The van der Waals surface area contributed by atoms with E-state index in [0.717, 1.165) is 0 Å². The largest absolute Gasteiger partial charge is 0.480 e. The molecule has 0 saturated carbocycles. The second kappa shape index (κ2) is 5.71. The molecule has 0 bridgehead atoms. The second-order valence-electron chi connectivity index (χ2n) is 3.52. The lowest BCUT2D eigenvalue weighted by Gasteiger charge is -2.12. The lowest BCUT2D eigenvalue weighted by molar-refractivity contribution is -0.140. The molecule has 1 aromatic rings. The molecule has 2 amide bonds. The third-order valence-electron chi connectivity index (χ3n) is 2.02. The highest BCUT2D eigenvalue weighted by molar-refractivity contribution is 5.96. The first-order valence-corrected chi connectivity index (χ1v) is 5.01. The summed E-state index contributed by atoms with van der Waals surface area (Å²) >= 11 is 0. The molecule has 0 aromatic carbocycles. The van der Waals surface area contributed by atoms with E-state index in [9.17, 15) is 14.4 Å². The van der Waals surface area contributed by atoms with Gasteiger partial charge in [0.1, 0.15) is 17.6 Å². The molecule has 8 heteroatoms. The summed E-state index contributed by atoms with van der Waals surface area (Å²) in [4.78, 5) is 40.8. The van der Waals surface area contributed by atoms with Gasteiger partial charge in [0.05, 0.1) is 6.42 Å². The van der Waals surface area contributed by atoms with Crippen LogP contribution in [0.5, 0.6) is 0 Å². The van der Waals surface area contributed by atoms with E-state index >= 15 is 0 Å². The zero-order valence-corrected chi connectivity index (χ0v) is 9.58. The van der Waals surface area contributed by atoms with Crippen LogP contribution in [-0.2, 0) is 9.59 Å². The van der Waals surface area contributed by atoms with Gasteiger partial charge >= 0.3 is 5.97 Å². The molecule has 0 aliphatic heterocycles. The van der Waals surface area contributed by atoms with E-state index in [1.54, 1.807) is 6.92 Å². The maximum absolute atomic E-state index is 11.7. The molecule has 1 aromatic heterocycles. The van der Waals surface area contributed by atoms with Crippen LogP contribution in [0.2, 0.25) is 0 Å². The van der Waals surface area contributed by atoms with Crippen LogP contribution in [0.4, 0.5) is 0 Å². The van der Waals surface area contributed by atoms with Crippen molar-refractivity contribution in [3.63, 3.8) is 0 Å². The zero-order chi connectivity index (χ0) is 13.7. The first-order valence-electron chi connectivity index (χ1n) is 5.01. The van der Waals surface area contributed by atoms with Crippen LogP contribution in [0.25, 0.3) is 0 Å². The van der Waals surface area contributed by atoms with E-state index in [1.807, 2.05) is 0 Å². The van der Waals surface area contributed by atoms with E-state index < -0.39 is 30.2 Å². The van der Waals surface area contributed by atoms with Gasteiger partial charge < -0.3 is 16.2 Å². The number of aliphatic carboxylic acids is 1. The molecule has 96 valence electrons. The number of nitrogens with zero attached hydrogens (tertiary/aromatic N) is 2. The Morgan fingerprint density at radius 1 is 1.50 bits per heavy atom. The summed E-state index contributed by atoms with van der Waals surface area (Å²) in [6, 6.07) is -0.0313. The Balaban J connectivity index is 2.78. The van der Waals surface area contributed by atoms with Gasteiger partial charge in [0.2, 0.25) is 5.91 Å². The molecule has 0 saturated heterocycles. The highest BCUT2D eigenvalue weighted by atomic mass is 16.4. The van der Waals surface area contributed by atoms with Crippen molar-refractivity contribution in [3.05, 3.63) is 23.8 Å².